The highest BCUT2D eigenvalue weighted by Crippen LogP contribution is 2.38. The van der Waals surface area contributed by atoms with Crippen molar-refractivity contribution < 1.29 is 22.7 Å². The zero-order valence-electron chi connectivity index (χ0n) is 15.6. The smallest absolute Gasteiger partial charge is 0.257 e. The molecular formula is C19H21N3O5S. The molecule has 0 spiro atoms. The van der Waals surface area contributed by atoms with Crippen molar-refractivity contribution in [3.8, 4) is 11.5 Å². The third kappa shape index (κ3) is 3.62. The van der Waals surface area contributed by atoms with Crippen LogP contribution in [-0.4, -0.2) is 50.1 Å². The molecule has 0 saturated carbocycles. The molecule has 1 aromatic carbocycles. The Balaban J connectivity index is 1.57. The lowest BCUT2D eigenvalue weighted by Gasteiger charge is -2.27. The number of nitrogens with zero attached hydrogens (tertiary/aromatic N) is 2. The summed E-state index contributed by atoms with van der Waals surface area (Å²) in [5.41, 5.74) is 1.99. The number of ether oxygens (including phenoxy) is 2. The second kappa shape index (κ2) is 6.97. The second-order valence-electron chi connectivity index (χ2n) is 6.82. The fourth-order valence-electron chi connectivity index (χ4n) is 3.34. The number of hydrogen-bond acceptors (Lipinski definition) is 6. The highest BCUT2D eigenvalue weighted by atomic mass is 32.2. The number of carbonyl (C=O) groups is 1. The average molecular weight is 403 g/mol. The summed E-state index contributed by atoms with van der Waals surface area (Å²) in [4.78, 5) is 14.4. The SMILES string of the molecule is CCOc1cc2c(cc1NC(=O)C1=CN3CCS(=O)(=O)N=C3C=C1)O[C@H](C)C2. The van der Waals surface area contributed by atoms with Gasteiger partial charge in [-0.25, -0.2) is 8.42 Å². The van der Waals surface area contributed by atoms with Gasteiger partial charge in [-0.2, -0.15) is 0 Å². The summed E-state index contributed by atoms with van der Waals surface area (Å²) in [6, 6.07) is 3.69. The van der Waals surface area contributed by atoms with Crippen LogP contribution in [0, 0.1) is 0 Å². The lowest BCUT2D eigenvalue weighted by atomic mass is 10.1. The standard InChI is InChI=1S/C19H21N3O5S/c1-3-26-17-9-14-8-12(2)27-16(14)10-15(17)20-19(23)13-4-5-18-21-28(24,25)7-6-22(18)11-13/h4-5,9-12H,3,6-8H2,1-2H3,(H,20,23)/t12-/m1/s1. The second-order valence-corrected chi connectivity index (χ2v) is 8.58. The van der Waals surface area contributed by atoms with Crippen LogP contribution in [0.15, 0.2) is 40.5 Å². The zero-order valence-corrected chi connectivity index (χ0v) is 16.5. The maximum absolute atomic E-state index is 12.8. The fraction of sp³-hybridized carbons (Fsp3) is 0.368. The first-order chi connectivity index (χ1) is 13.3. The predicted molar refractivity (Wildman–Crippen MR) is 105 cm³/mol. The number of amidine groups is 1. The molecule has 0 fully saturated rings. The first-order valence-corrected chi connectivity index (χ1v) is 10.7. The molecule has 1 amide bonds. The number of nitrogens with one attached hydrogen (secondary N) is 1. The molecule has 0 aliphatic carbocycles. The Hall–Kier alpha value is -2.81. The van der Waals surface area contributed by atoms with Crippen molar-refractivity contribution in [1.29, 1.82) is 0 Å². The summed E-state index contributed by atoms with van der Waals surface area (Å²) in [6.45, 7) is 4.61. The van der Waals surface area contributed by atoms with E-state index in [0.717, 1.165) is 17.7 Å². The number of sulfonamides is 1. The highest BCUT2D eigenvalue weighted by molar-refractivity contribution is 7.90. The maximum Gasteiger partial charge on any atom is 0.257 e. The summed E-state index contributed by atoms with van der Waals surface area (Å²) in [7, 11) is -3.43. The van der Waals surface area contributed by atoms with Gasteiger partial charge in [-0.15, -0.1) is 4.40 Å². The van der Waals surface area contributed by atoms with E-state index in [1.807, 2.05) is 19.9 Å². The lowest BCUT2D eigenvalue weighted by Crippen LogP contribution is -2.37. The van der Waals surface area contributed by atoms with E-state index in [0.29, 0.717) is 29.5 Å². The Morgan fingerprint density at radius 2 is 2.21 bits per heavy atom. The third-order valence-electron chi connectivity index (χ3n) is 4.63. The van der Waals surface area contributed by atoms with Crippen LogP contribution in [0.1, 0.15) is 19.4 Å². The molecule has 0 aromatic heterocycles. The van der Waals surface area contributed by atoms with Gasteiger partial charge in [0.25, 0.3) is 15.9 Å². The lowest BCUT2D eigenvalue weighted by molar-refractivity contribution is -0.112. The molecule has 0 bridgehead atoms. The first kappa shape index (κ1) is 18.5. The van der Waals surface area contributed by atoms with Gasteiger partial charge in [-0.3, -0.25) is 4.79 Å². The molecule has 9 heteroatoms. The Bertz CT molecular complexity index is 1030. The van der Waals surface area contributed by atoms with Crippen molar-refractivity contribution in [2.45, 2.75) is 26.4 Å². The van der Waals surface area contributed by atoms with Gasteiger partial charge in [0.15, 0.2) is 0 Å². The zero-order chi connectivity index (χ0) is 19.9. The molecule has 0 radical (unpaired) electrons. The van der Waals surface area contributed by atoms with Crippen LogP contribution < -0.4 is 14.8 Å². The Labute approximate surface area is 163 Å². The molecule has 1 aromatic rings. The van der Waals surface area contributed by atoms with Gasteiger partial charge in [0, 0.05) is 30.8 Å². The quantitative estimate of drug-likeness (QED) is 0.824. The highest BCUT2D eigenvalue weighted by Gasteiger charge is 2.26. The number of benzene rings is 1. The number of rotatable bonds is 4. The Morgan fingerprint density at radius 3 is 3.00 bits per heavy atom. The minimum Gasteiger partial charge on any atom is -0.492 e. The predicted octanol–water partition coefficient (Wildman–Crippen LogP) is 1.84. The largest absolute Gasteiger partial charge is 0.492 e. The molecule has 4 rings (SSSR count). The summed E-state index contributed by atoms with van der Waals surface area (Å²) in [5, 5.41) is 2.87. The Kier molecular flexibility index (Phi) is 4.62. The molecule has 3 heterocycles. The van der Waals surface area contributed by atoms with E-state index >= 15 is 0 Å². The van der Waals surface area contributed by atoms with E-state index in [4.69, 9.17) is 9.47 Å². The maximum atomic E-state index is 12.8. The van der Waals surface area contributed by atoms with Crippen LogP contribution >= 0.6 is 0 Å². The summed E-state index contributed by atoms with van der Waals surface area (Å²) in [5.74, 6) is 1.26. The van der Waals surface area contributed by atoms with Crippen LogP contribution in [0.2, 0.25) is 0 Å². The van der Waals surface area contributed by atoms with Gasteiger partial charge in [0.2, 0.25) is 0 Å². The van der Waals surface area contributed by atoms with E-state index in [1.165, 1.54) is 6.08 Å². The van der Waals surface area contributed by atoms with Gasteiger partial charge in [0.05, 0.1) is 23.6 Å². The average Bonchev–Trinajstić information content (AvgIpc) is 3.00. The number of amides is 1. The number of fused-ring (bicyclic) bond motifs is 2. The van der Waals surface area contributed by atoms with Gasteiger partial charge in [-0.05, 0) is 32.1 Å². The van der Waals surface area contributed by atoms with Crippen molar-refractivity contribution >= 4 is 27.5 Å². The third-order valence-corrected chi connectivity index (χ3v) is 5.80. The van der Waals surface area contributed by atoms with E-state index in [1.54, 1.807) is 23.2 Å². The van der Waals surface area contributed by atoms with Crippen LogP contribution in [0.4, 0.5) is 5.69 Å². The van der Waals surface area contributed by atoms with E-state index in [-0.39, 0.29) is 24.3 Å². The number of carbonyl (C=O) groups excluding carboxylic acids is 1. The molecule has 1 N–H and O–H groups in total. The van der Waals surface area contributed by atoms with Gasteiger partial charge in [0.1, 0.15) is 23.4 Å². The van der Waals surface area contributed by atoms with Crippen molar-refractivity contribution in [3.63, 3.8) is 0 Å². The van der Waals surface area contributed by atoms with Crippen molar-refractivity contribution in [2.75, 3.05) is 24.2 Å². The van der Waals surface area contributed by atoms with E-state index in [9.17, 15) is 13.2 Å². The Morgan fingerprint density at radius 1 is 1.39 bits per heavy atom. The van der Waals surface area contributed by atoms with Gasteiger partial charge < -0.3 is 19.7 Å². The van der Waals surface area contributed by atoms with Gasteiger partial charge >= 0.3 is 0 Å². The molecule has 3 aliphatic heterocycles. The van der Waals surface area contributed by atoms with Crippen molar-refractivity contribution in [2.24, 2.45) is 4.40 Å². The molecule has 3 aliphatic rings. The molecule has 28 heavy (non-hydrogen) atoms. The normalized spacial score (nSPS) is 21.8. The molecule has 8 nitrogen and oxygen atoms in total. The first-order valence-electron chi connectivity index (χ1n) is 9.11. The van der Waals surface area contributed by atoms with Gasteiger partial charge in [-0.1, -0.05) is 0 Å². The molecule has 0 unspecified atom stereocenters. The summed E-state index contributed by atoms with van der Waals surface area (Å²) in [6.07, 6.45) is 5.58. The minimum absolute atomic E-state index is 0.0788. The molecule has 0 saturated heterocycles. The number of anilines is 1. The minimum atomic E-state index is -3.43. The molecule has 1 atom stereocenters. The van der Waals surface area contributed by atoms with Crippen molar-refractivity contribution in [3.05, 3.63) is 41.6 Å². The summed E-state index contributed by atoms with van der Waals surface area (Å²) >= 11 is 0. The monoisotopic (exact) mass is 403 g/mol. The summed E-state index contributed by atoms with van der Waals surface area (Å²) < 4.78 is 38.4. The molecule has 148 valence electrons. The molecular weight excluding hydrogens is 382 g/mol. The number of hydrogen-bond donors (Lipinski definition) is 1. The van der Waals surface area contributed by atoms with E-state index in [2.05, 4.69) is 9.71 Å². The van der Waals surface area contributed by atoms with Crippen LogP contribution in [0.25, 0.3) is 0 Å². The van der Waals surface area contributed by atoms with Crippen LogP contribution in [0.5, 0.6) is 11.5 Å². The fourth-order valence-corrected chi connectivity index (χ4v) is 4.31. The van der Waals surface area contributed by atoms with Crippen molar-refractivity contribution in [1.82, 2.24) is 4.90 Å². The van der Waals surface area contributed by atoms with E-state index < -0.39 is 10.0 Å². The topological polar surface area (TPSA) is 97.3 Å². The van der Waals surface area contributed by atoms with Crippen LogP contribution in [0.3, 0.4) is 0 Å². The van der Waals surface area contributed by atoms with Crippen LogP contribution in [-0.2, 0) is 21.2 Å².